The summed E-state index contributed by atoms with van der Waals surface area (Å²) >= 11 is 0. The second-order valence-electron chi connectivity index (χ2n) is 4.57. The van der Waals surface area contributed by atoms with Gasteiger partial charge in [0.2, 0.25) is 0 Å². The van der Waals surface area contributed by atoms with Gasteiger partial charge in [-0.3, -0.25) is 0 Å². The van der Waals surface area contributed by atoms with Crippen molar-refractivity contribution < 1.29 is 4.74 Å². The summed E-state index contributed by atoms with van der Waals surface area (Å²) in [5, 5.41) is 6.11. The van der Waals surface area contributed by atoms with E-state index in [1.807, 2.05) is 7.05 Å². The maximum Gasteiger partial charge on any atom is 0.122 e. The maximum atomic E-state index is 5.48. The highest BCUT2D eigenvalue weighted by Crippen LogP contribution is 2.39. The van der Waals surface area contributed by atoms with Crippen LogP contribution >= 0.6 is 0 Å². The van der Waals surface area contributed by atoms with Crippen LogP contribution in [0, 0.1) is 0 Å². The summed E-state index contributed by atoms with van der Waals surface area (Å²) < 4.78 is 5.48. The molecule has 1 aliphatic carbocycles. The number of nitrogens with one attached hydrogen (secondary N) is 1. The van der Waals surface area contributed by atoms with Gasteiger partial charge in [0.25, 0.3) is 0 Å². The Bertz CT molecular complexity index is 562. The number of benzene rings is 2. The standard InChI is InChI=1S/C15H17NO/c1-16-13-8-7-12-14(17-2)9-6-10-4-3-5-11(13)15(10)12/h3-6,9,13,16H,7-8H2,1-2H3. The van der Waals surface area contributed by atoms with Gasteiger partial charge in [0.1, 0.15) is 5.75 Å². The highest BCUT2D eigenvalue weighted by atomic mass is 16.5. The molecule has 0 saturated carbocycles. The van der Waals surface area contributed by atoms with E-state index < -0.39 is 0 Å². The average Bonchev–Trinajstić information content (AvgIpc) is 2.40. The first-order valence-electron chi connectivity index (χ1n) is 6.11. The first-order valence-corrected chi connectivity index (χ1v) is 6.11. The number of hydrogen-bond acceptors (Lipinski definition) is 2. The normalized spacial score (nSPS) is 18.4. The molecule has 0 radical (unpaired) electrons. The van der Waals surface area contributed by atoms with Gasteiger partial charge in [0.05, 0.1) is 7.11 Å². The minimum Gasteiger partial charge on any atom is -0.496 e. The van der Waals surface area contributed by atoms with Crippen molar-refractivity contribution in [2.24, 2.45) is 0 Å². The van der Waals surface area contributed by atoms with Crippen molar-refractivity contribution in [3.8, 4) is 5.75 Å². The zero-order valence-electron chi connectivity index (χ0n) is 10.3. The molecular weight excluding hydrogens is 210 g/mol. The zero-order chi connectivity index (χ0) is 11.8. The van der Waals surface area contributed by atoms with Crippen LogP contribution < -0.4 is 10.1 Å². The smallest absolute Gasteiger partial charge is 0.122 e. The molecule has 0 fully saturated rings. The van der Waals surface area contributed by atoms with Crippen LogP contribution in [0.2, 0.25) is 0 Å². The third-order valence-electron chi connectivity index (χ3n) is 3.77. The van der Waals surface area contributed by atoms with Crippen molar-refractivity contribution in [3.05, 3.63) is 41.5 Å². The van der Waals surface area contributed by atoms with E-state index in [-0.39, 0.29) is 0 Å². The van der Waals surface area contributed by atoms with Gasteiger partial charge in [-0.05, 0) is 42.3 Å². The number of methoxy groups -OCH3 is 1. The predicted octanol–water partition coefficient (Wildman–Crippen LogP) is 3.06. The van der Waals surface area contributed by atoms with Crippen LogP contribution in [0.3, 0.4) is 0 Å². The van der Waals surface area contributed by atoms with Crippen molar-refractivity contribution in [2.45, 2.75) is 18.9 Å². The molecule has 17 heavy (non-hydrogen) atoms. The SMILES string of the molecule is CNC1CCc2c(OC)ccc3cccc1c23. The average molecular weight is 227 g/mol. The molecule has 0 spiro atoms. The number of aryl methyl sites for hydroxylation is 1. The van der Waals surface area contributed by atoms with E-state index in [9.17, 15) is 0 Å². The molecule has 0 bridgehead atoms. The summed E-state index contributed by atoms with van der Waals surface area (Å²) in [7, 11) is 3.79. The molecule has 2 aromatic carbocycles. The van der Waals surface area contributed by atoms with E-state index in [0.29, 0.717) is 6.04 Å². The fourth-order valence-corrected chi connectivity index (χ4v) is 2.94. The van der Waals surface area contributed by atoms with Crippen molar-refractivity contribution in [2.75, 3.05) is 14.2 Å². The molecule has 0 amide bonds. The lowest BCUT2D eigenvalue weighted by molar-refractivity contribution is 0.407. The van der Waals surface area contributed by atoms with Gasteiger partial charge >= 0.3 is 0 Å². The van der Waals surface area contributed by atoms with E-state index in [1.54, 1.807) is 7.11 Å². The number of hydrogen-bond donors (Lipinski definition) is 1. The van der Waals surface area contributed by atoms with Crippen molar-refractivity contribution in [1.29, 1.82) is 0 Å². The lowest BCUT2D eigenvalue weighted by atomic mass is 9.85. The summed E-state index contributed by atoms with van der Waals surface area (Å²) in [5.41, 5.74) is 2.78. The van der Waals surface area contributed by atoms with Gasteiger partial charge in [0.15, 0.2) is 0 Å². The molecule has 2 aromatic rings. The molecule has 2 nitrogen and oxygen atoms in total. The Hall–Kier alpha value is -1.54. The van der Waals surface area contributed by atoms with Gasteiger partial charge in [-0.1, -0.05) is 24.3 Å². The Morgan fingerprint density at radius 2 is 2.12 bits per heavy atom. The minimum absolute atomic E-state index is 0.471. The third-order valence-corrected chi connectivity index (χ3v) is 3.77. The summed E-state index contributed by atoms with van der Waals surface area (Å²) in [6.45, 7) is 0. The molecular formula is C15H17NO. The molecule has 0 aliphatic heterocycles. The molecule has 88 valence electrons. The van der Waals surface area contributed by atoms with Gasteiger partial charge in [-0.15, -0.1) is 0 Å². The second-order valence-corrected chi connectivity index (χ2v) is 4.57. The van der Waals surface area contributed by atoms with Crippen molar-refractivity contribution >= 4 is 10.8 Å². The second kappa shape index (κ2) is 4.04. The van der Waals surface area contributed by atoms with Crippen LogP contribution in [0.4, 0.5) is 0 Å². The van der Waals surface area contributed by atoms with Crippen LogP contribution in [0.15, 0.2) is 30.3 Å². The first-order chi connectivity index (χ1) is 8.35. The molecule has 1 aliphatic rings. The summed E-state index contributed by atoms with van der Waals surface area (Å²) in [6.07, 6.45) is 2.23. The molecule has 3 rings (SSSR count). The highest BCUT2D eigenvalue weighted by molar-refractivity contribution is 5.92. The van der Waals surface area contributed by atoms with Crippen LogP contribution in [-0.4, -0.2) is 14.2 Å². The Morgan fingerprint density at radius 3 is 2.88 bits per heavy atom. The van der Waals surface area contributed by atoms with E-state index in [0.717, 1.165) is 18.6 Å². The Kier molecular flexibility index (Phi) is 2.52. The fraction of sp³-hybridized carbons (Fsp3) is 0.333. The fourth-order valence-electron chi connectivity index (χ4n) is 2.94. The molecule has 1 N–H and O–H groups in total. The Labute approximate surface area is 102 Å². The predicted molar refractivity (Wildman–Crippen MR) is 70.6 cm³/mol. The molecule has 0 heterocycles. The highest BCUT2D eigenvalue weighted by Gasteiger charge is 2.22. The van der Waals surface area contributed by atoms with E-state index in [4.69, 9.17) is 4.74 Å². The molecule has 0 aromatic heterocycles. The lowest BCUT2D eigenvalue weighted by Gasteiger charge is -2.26. The quantitative estimate of drug-likeness (QED) is 0.851. The maximum absolute atomic E-state index is 5.48. The molecule has 2 heteroatoms. The number of ether oxygens (including phenoxy) is 1. The first kappa shape index (κ1) is 10.6. The van der Waals surface area contributed by atoms with Gasteiger partial charge < -0.3 is 10.1 Å². The third kappa shape index (κ3) is 1.52. The van der Waals surface area contributed by atoms with E-state index in [1.165, 1.54) is 21.9 Å². The van der Waals surface area contributed by atoms with Crippen LogP contribution in [0.1, 0.15) is 23.6 Å². The number of rotatable bonds is 2. The van der Waals surface area contributed by atoms with Gasteiger partial charge in [-0.25, -0.2) is 0 Å². The lowest BCUT2D eigenvalue weighted by Crippen LogP contribution is -2.21. The van der Waals surface area contributed by atoms with Gasteiger partial charge in [0, 0.05) is 11.6 Å². The molecule has 0 saturated heterocycles. The molecule has 1 atom stereocenters. The van der Waals surface area contributed by atoms with Gasteiger partial charge in [-0.2, -0.15) is 0 Å². The summed E-state index contributed by atoms with van der Waals surface area (Å²) in [6, 6.07) is 11.3. The van der Waals surface area contributed by atoms with Crippen molar-refractivity contribution in [1.82, 2.24) is 5.32 Å². The monoisotopic (exact) mass is 227 g/mol. The molecule has 1 unspecified atom stereocenters. The largest absolute Gasteiger partial charge is 0.496 e. The Morgan fingerprint density at radius 1 is 1.24 bits per heavy atom. The van der Waals surface area contributed by atoms with Crippen LogP contribution in [-0.2, 0) is 6.42 Å². The zero-order valence-corrected chi connectivity index (χ0v) is 10.3. The van der Waals surface area contributed by atoms with E-state index in [2.05, 4.69) is 35.6 Å². The summed E-state index contributed by atoms with van der Waals surface area (Å²) in [4.78, 5) is 0. The topological polar surface area (TPSA) is 21.3 Å². The van der Waals surface area contributed by atoms with Crippen molar-refractivity contribution in [3.63, 3.8) is 0 Å². The van der Waals surface area contributed by atoms with Crippen LogP contribution in [0.5, 0.6) is 5.75 Å². The summed E-state index contributed by atoms with van der Waals surface area (Å²) in [5.74, 6) is 1.03. The Balaban J connectivity index is 2.35. The van der Waals surface area contributed by atoms with E-state index >= 15 is 0 Å². The van der Waals surface area contributed by atoms with Crippen LogP contribution in [0.25, 0.3) is 10.8 Å². The minimum atomic E-state index is 0.471.